The molecular weight excluding hydrogens is 311 g/mol. The number of alkyl halides is 3. The minimum atomic E-state index is -4.42. The van der Waals surface area contributed by atoms with Crippen LogP contribution in [-0.4, -0.2) is 53.2 Å². The molecule has 7 heteroatoms. The molecule has 4 nitrogen and oxygen atoms in total. The fourth-order valence-corrected chi connectivity index (χ4v) is 2.90. The highest BCUT2D eigenvalue weighted by Gasteiger charge is 2.32. The van der Waals surface area contributed by atoms with Gasteiger partial charge in [-0.05, 0) is 31.5 Å². The summed E-state index contributed by atoms with van der Waals surface area (Å²) in [7, 11) is 0. The summed E-state index contributed by atoms with van der Waals surface area (Å²) in [6.45, 7) is 0.684. The number of rotatable bonds is 5. The third-order valence-electron chi connectivity index (χ3n) is 4.26. The summed E-state index contributed by atoms with van der Waals surface area (Å²) < 4.78 is 37.7. The van der Waals surface area contributed by atoms with Gasteiger partial charge >= 0.3 is 6.18 Å². The molecule has 0 aromatic heterocycles. The first-order chi connectivity index (χ1) is 10.9. The minimum Gasteiger partial charge on any atom is -0.395 e. The number of nitrogens with zero attached hydrogens (tertiary/aromatic N) is 1. The van der Waals surface area contributed by atoms with E-state index in [0.717, 1.165) is 18.6 Å². The molecule has 0 bridgehead atoms. The zero-order chi connectivity index (χ0) is 17.0. The van der Waals surface area contributed by atoms with Crippen molar-refractivity contribution < 1.29 is 28.2 Å². The molecule has 1 heterocycles. The van der Waals surface area contributed by atoms with Crippen molar-refractivity contribution in [3.8, 4) is 0 Å². The Hall–Kier alpha value is -1.44. The summed E-state index contributed by atoms with van der Waals surface area (Å²) in [5.74, 6) is -0.529. The van der Waals surface area contributed by atoms with Gasteiger partial charge in [-0.3, -0.25) is 9.69 Å². The van der Waals surface area contributed by atoms with Gasteiger partial charge in [0, 0.05) is 18.0 Å². The van der Waals surface area contributed by atoms with Crippen molar-refractivity contribution in [2.75, 3.05) is 26.3 Å². The molecule has 1 aliphatic heterocycles. The van der Waals surface area contributed by atoms with E-state index in [1.54, 1.807) is 0 Å². The molecule has 0 amide bonds. The van der Waals surface area contributed by atoms with Crippen LogP contribution in [0.1, 0.15) is 28.8 Å². The van der Waals surface area contributed by atoms with E-state index in [9.17, 15) is 28.2 Å². The van der Waals surface area contributed by atoms with Crippen LogP contribution in [0.4, 0.5) is 13.2 Å². The van der Waals surface area contributed by atoms with Crippen molar-refractivity contribution in [3.05, 3.63) is 35.4 Å². The van der Waals surface area contributed by atoms with Gasteiger partial charge in [-0.25, -0.2) is 0 Å². The number of carbonyl (C=O) groups is 1. The van der Waals surface area contributed by atoms with Crippen LogP contribution in [0.15, 0.2) is 24.3 Å². The fourth-order valence-electron chi connectivity index (χ4n) is 2.90. The number of ketones is 1. The molecular formula is C16H20F3NO3. The number of aliphatic hydroxyl groups is 2. The molecule has 0 aliphatic carbocycles. The van der Waals surface area contributed by atoms with Crippen LogP contribution >= 0.6 is 0 Å². The van der Waals surface area contributed by atoms with E-state index in [2.05, 4.69) is 0 Å². The topological polar surface area (TPSA) is 60.8 Å². The Morgan fingerprint density at radius 1 is 1.22 bits per heavy atom. The van der Waals surface area contributed by atoms with E-state index < -0.39 is 17.8 Å². The molecule has 2 rings (SSSR count). The number of benzene rings is 1. The highest BCUT2D eigenvalue weighted by Crippen LogP contribution is 2.30. The van der Waals surface area contributed by atoms with E-state index in [-0.39, 0.29) is 30.5 Å². The Morgan fingerprint density at radius 2 is 1.83 bits per heavy atom. The number of hydrogen-bond acceptors (Lipinski definition) is 4. The van der Waals surface area contributed by atoms with Gasteiger partial charge in [0.25, 0.3) is 0 Å². The summed E-state index contributed by atoms with van der Waals surface area (Å²) >= 11 is 0. The normalized spacial score (nSPS) is 20.0. The second kappa shape index (κ2) is 7.42. The summed E-state index contributed by atoms with van der Waals surface area (Å²) in [5.41, 5.74) is -0.519. The molecule has 1 aromatic rings. The van der Waals surface area contributed by atoms with E-state index >= 15 is 0 Å². The minimum absolute atomic E-state index is 0.196. The van der Waals surface area contributed by atoms with Gasteiger partial charge in [0.15, 0.2) is 5.78 Å². The Balaban J connectivity index is 2.07. The molecule has 1 fully saturated rings. The van der Waals surface area contributed by atoms with Crippen LogP contribution in [0.3, 0.4) is 0 Å². The first-order valence-corrected chi connectivity index (χ1v) is 7.54. The smallest absolute Gasteiger partial charge is 0.395 e. The van der Waals surface area contributed by atoms with Crippen molar-refractivity contribution in [3.63, 3.8) is 0 Å². The standard InChI is InChI=1S/C16H20F3NO3/c17-16(18,19)13-5-3-11(4-6-13)15(23)12-2-1-7-20(8-12)14(9-21)10-22/h3-6,12,14,21-22H,1-2,7-10H2. The number of piperidine rings is 1. The Kier molecular flexibility index (Phi) is 5.78. The van der Waals surface area contributed by atoms with Gasteiger partial charge in [-0.1, -0.05) is 12.1 Å². The van der Waals surface area contributed by atoms with E-state index in [1.807, 2.05) is 4.90 Å². The molecule has 1 unspecified atom stereocenters. The number of Topliss-reactive ketones (excluding diaryl/α,β-unsaturated/α-hetero) is 1. The lowest BCUT2D eigenvalue weighted by Crippen LogP contribution is -2.47. The van der Waals surface area contributed by atoms with Gasteiger partial charge in [0.1, 0.15) is 0 Å². The van der Waals surface area contributed by atoms with E-state index in [0.29, 0.717) is 19.5 Å². The van der Waals surface area contributed by atoms with Gasteiger partial charge in [0.05, 0.1) is 24.8 Å². The Labute approximate surface area is 132 Å². The Morgan fingerprint density at radius 3 is 2.35 bits per heavy atom. The van der Waals surface area contributed by atoms with E-state index in [1.165, 1.54) is 12.1 Å². The van der Waals surface area contributed by atoms with Crippen LogP contribution in [0, 0.1) is 5.92 Å². The first-order valence-electron chi connectivity index (χ1n) is 7.54. The maximum Gasteiger partial charge on any atom is 0.416 e. The van der Waals surface area contributed by atoms with Crippen LogP contribution in [-0.2, 0) is 6.18 Å². The molecule has 1 aliphatic rings. The molecule has 23 heavy (non-hydrogen) atoms. The third-order valence-corrected chi connectivity index (χ3v) is 4.26. The van der Waals surface area contributed by atoms with Crippen LogP contribution in [0.25, 0.3) is 0 Å². The zero-order valence-corrected chi connectivity index (χ0v) is 12.6. The summed E-state index contributed by atoms with van der Waals surface area (Å²) in [6, 6.07) is 3.84. The van der Waals surface area contributed by atoms with Crippen molar-refractivity contribution >= 4 is 5.78 Å². The molecule has 0 radical (unpaired) electrons. The number of likely N-dealkylation sites (tertiary alicyclic amines) is 1. The lowest BCUT2D eigenvalue weighted by molar-refractivity contribution is -0.137. The molecule has 1 aromatic carbocycles. The fraction of sp³-hybridized carbons (Fsp3) is 0.562. The molecule has 1 saturated heterocycles. The Bertz CT molecular complexity index is 526. The lowest BCUT2D eigenvalue weighted by Gasteiger charge is -2.36. The van der Waals surface area contributed by atoms with Crippen molar-refractivity contribution in [2.45, 2.75) is 25.1 Å². The molecule has 128 valence electrons. The first kappa shape index (κ1) is 17.9. The van der Waals surface area contributed by atoms with Gasteiger partial charge in [-0.2, -0.15) is 13.2 Å². The summed E-state index contributed by atoms with van der Waals surface area (Å²) in [5, 5.41) is 18.5. The van der Waals surface area contributed by atoms with Crippen LogP contribution in [0.5, 0.6) is 0 Å². The number of aliphatic hydroxyl groups excluding tert-OH is 2. The highest BCUT2D eigenvalue weighted by molar-refractivity contribution is 5.98. The highest BCUT2D eigenvalue weighted by atomic mass is 19.4. The summed E-state index contributed by atoms with van der Waals surface area (Å²) in [6.07, 6.45) is -3.02. The van der Waals surface area contributed by atoms with Crippen molar-refractivity contribution in [2.24, 2.45) is 5.92 Å². The van der Waals surface area contributed by atoms with Crippen LogP contribution in [0.2, 0.25) is 0 Å². The second-order valence-corrected chi connectivity index (χ2v) is 5.79. The van der Waals surface area contributed by atoms with Gasteiger partial charge in [-0.15, -0.1) is 0 Å². The average molecular weight is 331 g/mol. The van der Waals surface area contributed by atoms with Crippen molar-refractivity contribution in [1.29, 1.82) is 0 Å². The quantitative estimate of drug-likeness (QED) is 0.810. The SMILES string of the molecule is O=C(c1ccc(C(F)(F)F)cc1)C1CCCN(C(CO)CO)C1. The largest absolute Gasteiger partial charge is 0.416 e. The van der Waals surface area contributed by atoms with Gasteiger partial charge < -0.3 is 10.2 Å². The van der Waals surface area contributed by atoms with Gasteiger partial charge in [0.2, 0.25) is 0 Å². The number of hydrogen-bond donors (Lipinski definition) is 2. The molecule has 0 saturated carbocycles. The number of halogens is 3. The maximum absolute atomic E-state index is 12.6. The third kappa shape index (κ3) is 4.31. The molecule has 0 spiro atoms. The molecule has 1 atom stereocenters. The lowest BCUT2D eigenvalue weighted by atomic mass is 9.89. The second-order valence-electron chi connectivity index (χ2n) is 5.79. The predicted molar refractivity (Wildman–Crippen MR) is 78.0 cm³/mol. The van der Waals surface area contributed by atoms with Crippen LogP contribution < -0.4 is 0 Å². The van der Waals surface area contributed by atoms with E-state index in [4.69, 9.17) is 0 Å². The average Bonchev–Trinajstić information content (AvgIpc) is 2.55. The zero-order valence-electron chi connectivity index (χ0n) is 12.6. The molecule has 2 N–H and O–H groups in total. The number of carbonyl (C=O) groups excluding carboxylic acids is 1. The monoisotopic (exact) mass is 331 g/mol. The summed E-state index contributed by atoms with van der Waals surface area (Å²) in [4.78, 5) is 14.3. The van der Waals surface area contributed by atoms with Crippen molar-refractivity contribution in [1.82, 2.24) is 4.90 Å². The maximum atomic E-state index is 12.6. The predicted octanol–water partition coefficient (Wildman–Crippen LogP) is 1.95.